The summed E-state index contributed by atoms with van der Waals surface area (Å²) in [6.07, 6.45) is 0.966. The lowest BCUT2D eigenvalue weighted by atomic mass is 10.1. The third-order valence-electron chi connectivity index (χ3n) is 4.24. The highest BCUT2D eigenvalue weighted by atomic mass is 32.2. The Kier molecular flexibility index (Phi) is 7.19. The summed E-state index contributed by atoms with van der Waals surface area (Å²) in [6.45, 7) is 1.77. The summed E-state index contributed by atoms with van der Waals surface area (Å²) in [4.78, 5) is 36.0. The summed E-state index contributed by atoms with van der Waals surface area (Å²) >= 11 is 0. The molecule has 0 saturated heterocycles. The first kappa shape index (κ1) is 22.2. The van der Waals surface area contributed by atoms with Crippen LogP contribution in [0.3, 0.4) is 0 Å². The van der Waals surface area contributed by atoms with Crippen LogP contribution >= 0.6 is 0 Å². The van der Waals surface area contributed by atoms with E-state index in [0.717, 1.165) is 5.56 Å². The van der Waals surface area contributed by atoms with Crippen LogP contribution in [0.2, 0.25) is 0 Å². The predicted molar refractivity (Wildman–Crippen MR) is 116 cm³/mol. The van der Waals surface area contributed by atoms with E-state index in [4.69, 9.17) is 13.9 Å². The number of hydrogen-bond donors (Lipinski definition) is 1. The standard InChI is InChI=1S/C22H21NO7S/c1-3-28-22(26)23-17-7-8-18-16(10-20(24)30-19(18)11-17)12-29-21(25)15-6-4-5-14(9-15)13-31(2)27/h4-11H,3,12-13H2,1-2H3,(H,23,26). The summed E-state index contributed by atoms with van der Waals surface area (Å²) in [5.74, 6) is -0.223. The van der Waals surface area contributed by atoms with Gasteiger partial charge in [0.05, 0.1) is 12.2 Å². The number of benzene rings is 2. The molecule has 0 radical (unpaired) electrons. The molecule has 31 heavy (non-hydrogen) atoms. The van der Waals surface area contributed by atoms with E-state index in [1.807, 2.05) is 0 Å². The molecule has 0 aliphatic rings. The molecule has 9 heteroatoms. The van der Waals surface area contributed by atoms with Crippen LogP contribution in [0.1, 0.15) is 28.4 Å². The fourth-order valence-electron chi connectivity index (χ4n) is 2.96. The van der Waals surface area contributed by atoms with Gasteiger partial charge < -0.3 is 13.9 Å². The number of fused-ring (bicyclic) bond motifs is 1. The highest BCUT2D eigenvalue weighted by molar-refractivity contribution is 7.83. The number of nitrogens with one attached hydrogen (secondary N) is 1. The Bertz CT molecular complexity index is 1200. The zero-order chi connectivity index (χ0) is 22.4. The Morgan fingerprint density at radius 2 is 1.90 bits per heavy atom. The van der Waals surface area contributed by atoms with Gasteiger partial charge in [0.25, 0.3) is 0 Å². The fraction of sp³-hybridized carbons (Fsp3) is 0.227. The molecule has 1 aromatic heterocycles. The Balaban J connectivity index is 1.78. The van der Waals surface area contributed by atoms with Crippen LogP contribution in [0.4, 0.5) is 10.5 Å². The Labute approximate surface area is 180 Å². The van der Waals surface area contributed by atoms with Crippen molar-refractivity contribution in [3.05, 3.63) is 75.6 Å². The second-order valence-corrected chi connectivity index (χ2v) is 8.08. The molecule has 162 valence electrons. The molecule has 3 rings (SSSR count). The van der Waals surface area contributed by atoms with Crippen molar-refractivity contribution in [3.63, 3.8) is 0 Å². The second-order valence-electron chi connectivity index (χ2n) is 6.64. The van der Waals surface area contributed by atoms with Gasteiger partial charge in [-0.15, -0.1) is 0 Å². The lowest BCUT2D eigenvalue weighted by molar-refractivity contribution is 0.0473. The molecule has 0 spiro atoms. The first-order valence-electron chi connectivity index (χ1n) is 9.42. The van der Waals surface area contributed by atoms with E-state index in [0.29, 0.717) is 28.0 Å². The third kappa shape index (κ3) is 6.02. The molecule has 8 nitrogen and oxygen atoms in total. The van der Waals surface area contributed by atoms with Crippen molar-refractivity contribution in [1.82, 2.24) is 0 Å². The lowest BCUT2D eigenvalue weighted by Gasteiger charge is -2.10. The monoisotopic (exact) mass is 443 g/mol. The third-order valence-corrected chi connectivity index (χ3v) is 4.98. The zero-order valence-electron chi connectivity index (χ0n) is 17.0. The van der Waals surface area contributed by atoms with Gasteiger partial charge in [-0.25, -0.2) is 14.4 Å². The second kappa shape index (κ2) is 10.0. The van der Waals surface area contributed by atoms with E-state index >= 15 is 0 Å². The summed E-state index contributed by atoms with van der Waals surface area (Å²) in [5, 5.41) is 3.10. The summed E-state index contributed by atoms with van der Waals surface area (Å²) < 4.78 is 26.8. The maximum Gasteiger partial charge on any atom is 0.411 e. The molecule has 0 saturated carbocycles. The van der Waals surface area contributed by atoms with Crippen LogP contribution in [0.15, 0.2) is 57.7 Å². The van der Waals surface area contributed by atoms with Crippen LogP contribution in [0.5, 0.6) is 0 Å². The van der Waals surface area contributed by atoms with E-state index in [-0.39, 0.29) is 18.8 Å². The van der Waals surface area contributed by atoms with Gasteiger partial charge in [0.1, 0.15) is 12.2 Å². The Morgan fingerprint density at radius 1 is 1.10 bits per heavy atom. The molecule has 0 fully saturated rings. The average molecular weight is 443 g/mol. The van der Waals surface area contributed by atoms with Crippen molar-refractivity contribution in [2.45, 2.75) is 19.3 Å². The number of anilines is 1. The highest BCUT2D eigenvalue weighted by Gasteiger charge is 2.13. The molecule has 1 amide bonds. The van der Waals surface area contributed by atoms with Crippen LogP contribution in [0.25, 0.3) is 11.0 Å². The number of carbonyl (C=O) groups excluding carboxylic acids is 2. The molecule has 0 bridgehead atoms. The smallest absolute Gasteiger partial charge is 0.411 e. The molecule has 3 aromatic rings. The molecule has 0 aliphatic carbocycles. The van der Waals surface area contributed by atoms with E-state index in [1.165, 1.54) is 12.1 Å². The first-order chi connectivity index (χ1) is 14.9. The van der Waals surface area contributed by atoms with Crippen LogP contribution in [0, 0.1) is 0 Å². The molecular weight excluding hydrogens is 422 g/mol. The summed E-state index contributed by atoms with van der Waals surface area (Å²) in [5.41, 5.74) is 1.58. The first-order valence-corrected chi connectivity index (χ1v) is 11.1. The van der Waals surface area contributed by atoms with Gasteiger partial charge in [0, 0.05) is 51.6 Å². The van der Waals surface area contributed by atoms with Crippen LogP contribution in [-0.4, -0.2) is 29.1 Å². The lowest BCUT2D eigenvalue weighted by Crippen LogP contribution is -2.13. The number of esters is 1. The number of carbonyl (C=O) groups is 2. The molecule has 1 atom stereocenters. The number of amides is 1. The van der Waals surface area contributed by atoms with Crippen LogP contribution in [-0.2, 0) is 32.6 Å². The minimum Gasteiger partial charge on any atom is -0.457 e. The van der Waals surface area contributed by atoms with Crippen molar-refractivity contribution in [1.29, 1.82) is 0 Å². The molecule has 2 aromatic carbocycles. The molecule has 1 N–H and O–H groups in total. The van der Waals surface area contributed by atoms with Gasteiger partial charge in [0.2, 0.25) is 0 Å². The Morgan fingerprint density at radius 3 is 2.65 bits per heavy atom. The minimum atomic E-state index is -1.03. The van der Waals surface area contributed by atoms with Gasteiger partial charge in [-0.1, -0.05) is 12.1 Å². The summed E-state index contributed by atoms with van der Waals surface area (Å²) in [6, 6.07) is 12.8. The van der Waals surface area contributed by atoms with Gasteiger partial charge >= 0.3 is 17.7 Å². The number of rotatable bonds is 7. The van der Waals surface area contributed by atoms with Gasteiger partial charge in [-0.3, -0.25) is 9.53 Å². The molecule has 1 heterocycles. The molecule has 0 aliphatic heterocycles. The van der Waals surface area contributed by atoms with Gasteiger partial charge in [0.15, 0.2) is 0 Å². The maximum atomic E-state index is 12.5. The average Bonchev–Trinajstić information content (AvgIpc) is 2.71. The summed E-state index contributed by atoms with van der Waals surface area (Å²) in [7, 11) is -1.03. The maximum absolute atomic E-state index is 12.5. The fourth-order valence-corrected chi connectivity index (χ4v) is 3.61. The SMILES string of the molecule is CCOC(=O)Nc1ccc2c(COC(=O)c3cccc(CS(C)=O)c3)cc(=O)oc2c1. The Hall–Kier alpha value is -3.46. The van der Waals surface area contributed by atoms with Gasteiger partial charge in [-0.2, -0.15) is 0 Å². The topological polar surface area (TPSA) is 112 Å². The largest absolute Gasteiger partial charge is 0.457 e. The van der Waals surface area contributed by atoms with Crippen LogP contribution < -0.4 is 10.9 Å². The zero-order valence-corrected chi connectivity index (χ0v) is 17.8. The van der Waals surface area contributed by atoms with Crippen molar-refractivity contribution in [2.75, 3.05) is 18.2 Å². The van der Waals surface area contributed by atoms with E-state index < -0.39 is 28.5 Å². The minimum absolute atomic E-state index is 0.143. The quantitative estimate of drug-likeness (QED) is 0.439. The molecule has 1 unspecified atom stereocenters. The highest BCUT2D eigenvalue weighted by Crippen LogP contribution is 2.22. The predicted octanol–water partition coefficient (Wildman–Crippen LogP) is 3.60. The van der Waals surface area contributed by atoms with E-state index in [1.54, 1.807) is 49.6 Å². The molecular formula is C22H21NO7S. The normalized spacial score (nSPS) is 11.7. The van der Waals surface area contributed by atoms with Crippen molar-refractivity contribution < 1.29 is 27.7 Å². The number of hydrogen-bond acceptors (Lipinski definition) is 7. The van der Waals surface area contributed by atoms with E-state index in [9.17, 15) is 18.6 Å². The van der Waals surface area contributed by atoms with Crippen molar-refractivity contribution >= 4 is 39.5 Å². The number of ether oxygens (including phenoxy) is 2. The van der Waals surface area contributed by atoms with E-state index in [2.05, 4.69) is 5.32 Å². The van der Waals surface area contributed by atoms with Crippen molar-refractivity contribution in [3.8, 4) is 0 Å². The van der Waals surface area contributed by atoms with Gasteiger partial charge in [-0.05, 0) is 36.8 Å². The van der Waals surface area contributed by atoms with Crippen molar-refractivity contribution in [2.24, 2.45) is 0 Å².